The lowest BCUT2D eigenvalue weighted by Gasteiger charge is -2.04. The predicted octanol–water partition coefficient (Wildman–Crippen LogP) is 1.91. The summed E-state index contributed by atoms with van der Waals surface area (Å²) in [6.45, 7) is 0. The minimum atomic E-state index is -4.30. The van der Waals surface area contributed by atoms with Gasteiger partial charge in [0.05, 0.1) is 17.2 Å². The fraction of sp³-hybridized carbons (Fsp3) is 0. The number of halogens is 5. The molecule has 2 N–H and O–H groups in total. The fourth-order valence-corrected chi connectivity index (χ4v) is 2.13. The van der Waals surface area contributed by atoms with Gasteiger partial charge in [-0.2, -0.15) is 0 Å². The number of benzene rings is 1. The number of H-pyrrole nitrogens is 1. The van der Waals surface area contributed by atoms with Gasteiger partial charge in [-0.25, -0.2) is 30.4 Å². The van der Waals surface area contributed by atoms with Crippen molar-refractivity contribution in [2.75, 3.05) is 4.72 Å². The molecule has 0 radical (unpaired) electrons. The van der Waals surface area contributed by atoms with E-state index in [2.05, 4.69) is 15.4 Å². The Morgan fingerprint density at radius 1 is 1.00 bits per heavy atom. The largest absolute Gasteiger partial charge is 0.263 e. The second-order valence-corrected chi connectivity index (χ2v) is 5.36. The Morgan fingerprint density at radius 2 is 1.55 bits per heavy atom. The van der Waals surface area contributed by atoms with Crippen molar-refractivity contribution < 1.29 is 30.4 Å². The van der Waals surface area contributed by atoms with Crippen molar-refractivity contribution >= 4 is 21.9 Å². The number of nitrogens with one attached hydrogen (secondary N) is 2. The Morgan fingerprint density at radius 3 is 2.05 bits per heavy atom. The zero-order valence-corrected chi connectivity index (χ0v) is 11.1. The first-order chi connectivity index (χ1) is 10.2. The van der Waals surface area contributed by atoms with Crippen LogP contribution in [0.1, 0.15) is 5.56 Å². The van der Waals surface area contributed by atoms with Crippen molar-refractivity contribution in [1.82, 2.24) is 15.4 Å². The summed E-state index contributed by atoms with van der Waals surface area (Å²) in [6, 6.07) is 0. The minimum absolute atomic E-state index is 0.222. The molecular weight excluding hydrogens is 335 g/mol. The van der Waals surface area contributed by atoms with Gasteiger partial charge in [0, 0.05) is 0 Å². The zero-order valence-electron chi connectivity index (χ0n) is 10.2. The number of rotatable bonds is 4. The summed E-state index contributed by atoms with van der Waals surface area (Å²) in [4.78, 5) is 0. The van der Waals surface area contributed by atoms with Gasteiger partial charge < -0.3 is 0 Å². The molecule has 0 aliphatic heterocycles. The lowest BCUT2D eigenvalue weighted by molar-refractivity contribution is 0.377. The van der Waals surface area contributed by atoms with E-state index in [9.17, 15) is 30.4 Å². The molecule has 6 nitrogen and oxygen atoms in total. The smallest absolute Gasteiger partial charge is 0.256 e. The Bertz CT molecular complexity index is 806. The molecule has 0 atom stereocenters. The molecule has 0 fully saturated rings. The molecule has 118 valence electrons. The van der Waals surface area contributed by atoms with Gasteiger partial charge in [-0.15, -0.1) is 5.10 Å². The Balaban J connectivity index is 2.38. The highest BCUT2D eigenvalue weighted by atomic mass is 32.2. The van der Waals surface area contributed by atoms with Crippen LogP contribution in [0.4, 0.5) is 27.8 Å². The van der Waals surface area contributed by atoms with Gasteiger partial charge in [-0.1, -0.05) is 5.21 Å². The summed E-state index contributed by atoms with van der Waals surface area (Å²) in [5, 5.41) is 8.90. The second kappa shape index (κ2) is 5.71. The molecule has 0 saturated carbocycles. The van der Waals surface area contributed by atoms with E-state index in [1.807, 2.05) is 4.72 Å². The summed E-state index contributed by atoms with van der Waals surface area (Å²) < 4.78 is 90.3. The molecular formula is C10H5F5N4O2S. The van der Waals surface area contributed by atoms with Crippen LogP contribution in [-0.4, -0.2) is 23.8 Å². The summed E-state index contributed by atoms with van der Waals surface area (Å²) in [6.07, 6.45) is 1.29. The van der Waals surface area contributed by atoms with Crippen molar-refractivity contribution in [1.29, 1.82) is 0 Å². The van der Waals surface area contributed by atoms with Crippen LogP contribution in [0.2, 0.25) is 0 Å². The van der Waals surface area contributed by atoms with Crippen LogP contribution in [0.3, 0.4) is 0 Å². The Labute approximate surface area is 119 Å². The van der Waals surface area contributed by atoms with Crippen molar-refractivity contribution in [2.45, 2.75) is 0 Å². The number of aromatic nitrogens is 3. The van der Waals surface area contributed by atoms with Crippen LogP contribution in [0.25, 0.3) is 6.08 Å². The third-order valence-corrected chi connectivity index (χ3v) is 3.31. The lowest BCUT2D eigenvalue weighted by atomic mass is 10.1. The molecule has 1 heterocycles. The number of aromatic amines is 1. The monoisotopic (exact) mass is 340 g/mol. The van der Waals surface area contributed by atoms with Crippen LogP contribution >= 0.6 is 0 Å². The summed E-state index contributed by atoms with van der Waals surface area (Å²) in [5.74, 6) is -11.2. The van der Waals surface area contributed by atoms with E-state index >= 15 is 0 Å². The van der Waals surface area contributed by atoms with E-state index in [0.29, 0.717) is 0 Å². The van der Waals surface area contributed by atoms with Gasteiger partial charge in [0.25, 0.3) is 10.0 Å². The molecule has 2 rings (SSSR count). The average molecular weight is 340 g/mol. The molecule has 12 heteroatoms. The summed E-state index contributed by atoms with van der Waals surface area (Å²) in [7, 11) is -4.30. The van der Waals surface area contributed by atoms with Crippen LogP contribution in [0.5, 0.6) is 0 Å². The normalized spacial score (nSPS) is 12.0. The second-order valence-electron chi connectivity index (χ2n) is 3.79. The number of hydrogen-bond acceptors (Lipinski definition) is 4. The van der Waals surface area contributed by atoms with Gasteiger partial charge >= 0.3 is 0 Å². The molecule has 1 aromatic carbocycles. The predicted molar refractivity (Wildman–Crippen MR) is 64.2 cm³/mol. The molecule has 0 aliphatic carbocycles. The van der Waals surface area contributed by atoms with Gasteiger partial charge in [0.2, 0.25) is 5.82 Å². The van der Waals surface area contributed by atoms with Gasteiger partial charge in [-0.05, 0) is 6.08 Å². The maximum Gasteiger partial charge on any atom is 0.256 e. The van der Waals surface area contributed by atoms with Crippen molar-refractivity contribution in [3.8, 4) is 0 Å². The first-order valence-electron chi connectivity index (χ1n) is 5.31. The third-order valence-electron chi connectivity index (χ3n) is 2.32. The number of hydrogen-bond donors (Lipinski definition) is 2. The number of sulfonamides is 1. The highest BCUT2D eigenvalue weighted by Gasteiger charge is 2.24. The Kier molecular flexibility index (Phi) is 4.12. The topological polar surface area (TPSA) is 87.7 Å². The van der Waals surface area contributed by atoms with E-state index in [0.717, 1.165) is 6.20 Å². The molecule has 0 spiro atoms. The van der Waals surface area contributed by atoms with Crippen LogP contribution < -0.4 is 4.72 Å². The quantitative estimate of drug-likeness (QED) is 0.506. The van der Waals surface area contributed by atoms with Gasteiger partial charge in [0.15, 0.2) is 29.1 Å². The fourth-order valence-electron chi connectivity index (χ4n) is 1.36. The third kappa shape index (κ3) is 3.05. The van der Waals surface area contributed by atoms with Gasteiger partial charge in [0.1, 0.15) is 0 Å². The zero-order chi connectivity index (χ0) is 16.5. The van der Waals surface area contributed by atoms with Crippen LogP contribution in [0.15, 0.2) is 11.6 Å². The standard InChI is InChI=1S/C10H5F5N4O2S/c11-6-4(7(12)9(14)10(15)8(6)13)1-2-22(20,21)18-5-3-16-19-17-5/h1-3H,(H2,16,17,18,19). The van der Waals surface area contributed by atoms with Crippen molar-refractivity contribution in [2.24, 2.45) is 0 Å². The van der Waals surface area contributed by atoms with Crippen molar-refractivity contribution in [3.63, 3.8) is 0 Å². The molecule has 1 aromatic heterocycles. The lowest BCUT2D eigenvalue weighted by Crippen LogP contribution is -2.10. The molecule has 0 saturated heterocycles. The molecule has 0 amide bonds. The van der Waals surface area contributed by atoms with Crippen LogP contribution in [-0.2, 0) is 10.0 Å². The summed E-state index contributed by atoms with van der Waals surface area (Å²) >= 11 is 0. The van der Waals surface area contributed by atoms with E-state index in [1.165, 1.54) is 0 Å². The number of nitrogens with zero attached hydrogens (tertiary/aromatic N) is 2. The maximum atomic E-state index is 13.3. The van der Waals surface area contributed by atoms with E-state index in [-0.39, 0.29) is 17.3 Å². The number of anilines is 1. The van der Waals surface area contributed by atoms with Crippen molar-refractivity contribution in [3.05, 3.63) is 46.3 Å². The Hall–Kier alpha value is -2.50. The van der Waals surface area contributed by atoms with E-state index in [1.54, 1.807) is 0 Å². The van der Waals surface area contributed by atoms with Crippen LogP contribution in [0, 0.1) is 29.1 Å². The molecule has 2 aromatic rings. The SMILES string of the molecule is O=S(=O)(C=Cc1c(F)c(F)c(F)c(F)c1F)Nc1c[nH]nn1. The highest BCUT2D eigenvalue weighted by molar-refractivity contribution is 7.95. The average Bonchev–Trinajstić information content (AvgIpc) is 2.95. The molecule has 0 bridgehead atoms. The molecule has 0 unspecified atom stereocenters. The first-order valence-corrected chi connectivity index (χ1v) is 6.86. The van der Waals surface area contributed by atoms with E-state index in [4.69, 9.17) is 0 Å². The minimum Gasteiger partial charge on any atom is -0.263 e. The highest BCUT2D eigenvalue weighted by Crippen LogP contribution is 2.24. The summed E-state index contributed by atoms with van der Waals surface area (Å²) in [5.41, 5.74) is -1.39. The molecule has 0 aliphatic rings. The van der Waals surface area contributed by atoms with E-state index < -0.39 is 44.7 Å². The maximum absolute atomic E-state index is 13.3. The van der Waals surface area contributed by atoms with Gasteiger partial charge in [-0.3, -0.25) is 9.82 Å². The molecule has 22 heavy (non-hydrogen) atoms. The first kappa shape index (κ1) is 15.9.